The number of carbonyl (C=O) groups excluding carboxylic acids is 1. The Kier molecular flexibility index (Phi) is 5.20. The van der Waals surface area contributed by atoms with Gasteiger partial charge in [0, 0.05) is 18.2 Å². The zero-order valence-corrected chi connectivity index (χ0v) is 14.3. The largest absolute Gasteiger partial charge is 0.347 e. The summed E-state index contributed by atoms with van der Waals surface area (Å²) < 4.78 is 0. The summed E-state index contributed by atoms with van der Waals surface area (Å²) >= 11 is 0. The Morgan fingerprint density at radius 2 is 1.92 bits per heavy atom. The molecule has 0 bridgehead atoms. The number of carbonyl (C=O) groups is 1. The van der Waals surface area contributed by atoms with Crippen LogP contribution in [0.4, 0.5) is 0 Å². The van der Waals surface area contributed by atoms with E-state index in [2.05, 4.69) is 27.2 Å². The monoisotopic (exact) mass is 324 g/mol. The van der Waals surface area contributed by atoms with Crippen molar-refractivity contribution in [2.75, 3.05) is 20.1 Å². The first-order valence-electron chi connectivity index (χ1n) is 8.48. The van der Waals surface area contributed by atoms with Crippen LogP contribution in [0.25, 0.3) is 0 Å². The van der Waals surface area contributed by atoms with Crippen LogP contribution in [-0.4, -0.2) is 40.9 Å². The first-order valence-corrected chi connectivity index (χ1v) is 8.48. The van der Waals surface area contributed by atoms with E-state index in [1.807, 2.05) is 43.3 Å². The summed E-state index contributed by atoms with van der Waals surface area (Å²) in [6.45, 7) is 4.51. The van der Waals surface area contributed by atoms with E-state index in [1.54, 1.807) is 0 Å². The predicted octanol–water partition coefficient (Wildman–Crippen LogP) is 2.52. The number of likely N-dealkylation sites (tertiary alicyclic amines) is 1. The smallest absolute Gasteiger partial charge is 0.270 e. The van der Waals surface area contributed by atoms with Gasteiger partial charge >= 0.3 is 0 Å². The summed E-state index contributed by atoms with van der Waals surface area (Å²) in [5.41, 5.74) is 2.54. The molecule has 1 aromatic carbocycles. The molecule has 1 N–H and O–H groups in total. The highest BCUT2D eigenvalue weighted by atomic mass is 16.1. The van der Waals surface area contributed by atoms with Gasteiger partial charge < -0.3 is 10.2 Å². The van der Waals surface area contributed by atoms with E-state index in [-0.39, 0.29) is 5.91 Å². The van der Waals surface area contributed by atoms with Crippen molar-refractivity contribution in [1.29, 1.82) is 0 Å². The zero-order valence-electron chi connectivity index (χ0n) is 14.3. The Morgan fingerprint density at radius 1 is 1.21 bits per heavy atom. The van der Waals surface area contributed by atoms with Crippen molar-refractivity contribution in [3.05, 3.63) is 59.2 Å². The fraction of sp³-hybridized carbons (Fsp3) is 0.421. The summed E-state index contributed by atoms with van der Waals surface area (Å²) in [5, 5.41) is 2.94. The Labute approximate surface area is 143 Å². The van der Waals surface area contributed by atoms with Gasteiger partial charge in [-0.1, -0.05) is 30.3 Å². The minimum atomic E-state index is -0.140. The lowest BCUT2D eigenvalue weighted by atomic mass is 9.93. The van der Waals surface area contributed by atoms with Crippen molar-refractivity contribution in [2.45, 2.75) is 32.2 Å². The Balaban J connectivity index is 1.69. The molecule has 2 aromatic rings. The third-order valence-corrected chi connectivity index (χ3v) is 4.52. The number of rotatable bonds is 4. The van der Waals surface area contributed by atoms with Gasteiger partial charge in [-0.05, 0) is 51.5 Å². The molecule has 126 valence electrons. The number of hydrogen-bond acceptors (Lipinski definition) is 4. The molecule has 3 rings (SSSR count). The highest BCUT2D eigenvalue weighted by Gasteiger charge is 2.21. The third kappa shape index (κ3) is 4.17. The van der Waals surface area contributed by atoms with Crippen molar-refractivity contribution >= 4 is 5.91 Å². The molecule has 0 unspecified atom stereocenters. The average Bonchev–Trinajstić information content (AvgIpc) is 2.60. The molecule has 0 radical (unpaired) electrons. The molecular weight excluding hydrogens is 300 g/mol. The lowest BCUT2D eigenvalue weighted by Crippen LogP contribution is -2.30. The molecule has 1 aromatic heterocycles. The van der Waals surface area contributed by atoms with Crippen LogP contribution in [0.1, 0.15) is 46.3 Å². The first-order chi connectivity index (χ1) is 11.6. The number of benzene rings is 1. The second kappa shape index (κ2) is 7.53. The number of nitrogens with zero attached hydrogens (tertiary/aromatic N) is 3. The Bertz CT molecular complexity index is 694. The summed E-state index contributed by atoms with van der Waals surface area (Å²) in [6.07, 6.45) is 2.16. The lowest BCUT2D eigenvalue weighted by Gasteiger charge is -2.28. The quantitative estimate of drug-likeness (QED) is 0.939. The molecule has 1 amide bonds. The Morgan fingerprint density at radius 3 is 2.62 bits per heavy atom. The topological polar surface area (TPSA) is 58.1 Å². The summed E-state index contributed by atoms with van der Waals surface area (Å²) in [7, 11) is 2.14. The van der Waals surface area contributed by atoms with Crippen LogP contribution in [0.15, 0.2) is 36.4 Å². The molecule has 1 aliphatic rings. The molecule has 5 nitrogen and oxygen atoms in total. The van der Waals surface area contributed by atoms with Crippen LogP contribution in [-0.2, 0) is 6.54 Å². The van der Waals surface area contributed by atoms with Crippen LogP contribution in [0.2, 0.25) is 0 Å². The van der Waals surface area contributed by atoms with Crippen molar-refractivity contribution in [3.8, 4) is 0 Å². The molecule has 1 saturated heterocycles. The van der Waals surface area contributed by atoms with E-state index in [1.165, 1.54) is 0 Å². The van der Waals surface area contributed by atoms with Crippen LogP contribution in [0.5, 0.6) is 0 Å². The van der Waals surface area contributed by atoms with E-state index in [0.717, 1.165) is 37.2 Å². The van der Waals surface area contributed by atoms with Crippen LogP contribution < -0.4 is 5.32 Å². The molecule has 0 atom stereocenters. The molecule has 0 spiro atoms. The van der Waals surface area contributed by atoms with E-state index < -0.39 is 0 Å². The number of nitrogens with one attached hydrogen (secondary N) is 1. The molecule has 0 aliphatic carbocycles. The zero-order chi connectivity index (χ0) is 16.9. The first kappa shape index (κ1) is 16.6. The molecular formula is C19H24N4O. The molecule has 0 saturated carbocycles. The molecule has 1 fully saturated rings. The van der Waals surface area contributed by atoms with Gasteiger partial charge in [0.05, 0.1) is 0 Å². The van der Waals surface area contributed by atoms with Gasteiger partial charge in [0.15, 0.2) is 0 Å². The summed E-state index contributed by atoms with van der Waals surface area (Å²) in [4.78, 5) is 23.7. The highest BCUT2D eigenvalue weighted by Crippen LogP contribution is 2.26. The van der Waals surface area contributed by atoms with Gasteiger partial charge in [-0.2, -0.15) is 0 Å². The third-order valence-electron chi connectivity index (χ3n) is 4.52. The summed E-state index contributed by atoms with van der Waals surface area (Å²) in [6, 6.07) is 11.8. The minimum absolute atomic E-state index is 0.140. The summed E-state index contributed by atoms with van der Waals surface area (Å²) in [5.74, 6) is 0.943. The van der Waals surface area contributed by atoms with E-state index in [9.17, 15) is 4.79 Å². The standard InChI is InChI=1S/C19H24N4O/c1-14-21-17(16-8-10-23(2)11-9-16)12-18(22-14)19(24)20-13-15-6-4-3-5-7-15/h3-7,12,16H,8-11,13H2,1-2H3,(H,20,24). The van der Waals surface area contributed by atoms with E-state index in [0.29, 0.717) is 24.0 Å². The molecule has 2 heterocycles. The van der Waals surface area contributed by atoms with Crippen molar-refractivity contribution in [3.63, 3.8) is 0 Å². The van der Waals surface area contributed by atoms with Gasteiger partial charge in [0.25, 0.3) is 5.91 Å². The molecule has 5 heteroatoms. The van der Waals surface area contributed by atoms with Gasteiger partial charge in [-0.25, -0.2) is 9.97 Å². The number of amides is 1. The van der Waals surface area contributed by atoms with Crippen molar-refractivity contribution in [1.82, 2.24) is 20.2 Å². The highest BCUT2D eigenvalue weighted by molar-refractivity contribution is 5.92. The Hall–Kier alpha value is -2.27. The molecule has 1 aliphatic heterocycles. The van der Waals surface area contributed by atoms with Gasteiger partial charge in [0.2, 0.25) is 0 Å². The normalized spacial score (nSPS) is 16.1. The maximum absolute atomic E-state index is 12.4. The average molecular weight is 324 g/mol. The maximum atomic E-state index is 12.4. The van der Waals surface area contributed by atoms with Crippen molar-refractivity contribution in [2.24, 2.45) is 0 Å². The maximum Gasteiger partial charge on any atom is 0.270 e. The molecule has 24 heavy (non-hydrogen) atoms. The number of aryl methyl sites for hydroxylation is 1. The van der Waals surface area contributed by atoms with Crippen LogP contribution >= 0.6 is 0 Å². The van der Waals surface area contributed by atoms with Crippen LogP contribution in [0, 0.1) is 6.92 Å². The predicted molar refractivity (Wildman–Crippen MR) is 93.9 cm³/mol. The number of aromatic nitrogens is 2. The SMILES string of the molecule is Cc1nc(C(=O)NCc2ccccc2)cc(C2CCN(C)CC2)n1. The van der Waals surface area contributed by atoms with E-state index >= 15 is 0 Å². The lowest BCUT2D eigenvalue weighted by molar-refractivity contribution is 0.0945. The minimum Gasteiger partial charge on any atom is -0.347 e. The van der Waals surface area contributed by atoms with E-state index in [4.69, 9.17) is 0 Å². The van der Waals surface area contributed by atoms with Crippen LogP contribution in [0.3, 0.4) is 0 Å². The number of piperidine rings is 1. The number of hydrogen-bond donors (Lipinski definition) is 1. The van der Waals surface area contributed by atoms with Gasteiger partial charge in [-0.3, -0.25) is 4.79 Å². The second-order valence-electron chi connectivity index (χ2n) is 6.47. The van der Waals surface area contributed by atoms with Gasteiger partial charge in [0.1, 0.15) is 11.5 Å². The fourth-order valence-corrected chi connectivity index (χ4v) is 3.09. The van der Waals surface area contributed by atoms with Gasteiger partial charge in [-0.15, -0.1) is 0 Å². The van der Waals surface area contributed by atoms with Crippen molar-refractivity contribution < 1.29 is 4.79 Å². The second-order valence-corrected chi connectivity index (χ2v) is 6.47. The fourth-order valence-electron chi connectivity index (χ4n) is 3.09.